The van der Waals surface area contributed by atoms with E-state index in [-0.39, 0.29) is 0 Å². The fraction of sp³-hybridized carbons (Fsp3) is 0. The summed E-state index contributed by atoms with van der Waals surface area (Å²) >= 11 is 0. The minimum Gasteiger partial charge on any atom is -0.360 e. The van der Waals surface area contributed by atoms with Gasteiger partial charge in [0, 0.05) is 12.4 Å². The van der Waals surface area contributed by atoms with E-state index in [1.54, 1.807) is 0 Å². The third-order valence-corrected chi connectivity index (χ3v) is 3.51. The van der Waals surface area contributed by atoms with Crippen LogP contribution in [0.3, 0.4) is 0 Å². The molecule has 0 radical (unpaired) electrons. The number of hydrogen-bond donors (Lipinski definition) is 2. The van der Waals surface area contributed by atoms with Crippen molar-refractivity contribution >= 4 is 0 Å². The Balaban J connectivity index is 1.76. The molecule has 0 aromatic carbocycles. The molecule has 2 N–H and O–H groups in total. The highest BCUT2D eigenvalue weighted by Crippen LogP contribution is 2.22. The lowest BCUT2D eigenvalue weighted by molar-refractivity contribution is 1.22. The van der Waals surface area contributed by atoms with Gasteiger partial charge in [0.05, 0.1) is 34.2 Å². The molecule has 4 heterocycles. The summed E-state index contributed by atoms with van der Waals surface area (Å²) in [7, 11) is 0. The van der Waals surface area contributed by atoms with Crippen molar-refractivity contribution in [2.75, 3.05) is 0 Å². The van der Waals surface area contributed by atoms with Crippen LogP contribution in [-0.4, -0.2) is 19.9 Å². The van der Waals surface area contributed by atoms with Gasteiger partial charge in [-0.1, -0.05) is 12.1 Å². The molecule has 0 aliphatic carbocycles. The highest BCUT2D eigenvalue weighted by atomic mass is 14.8. The smallest absolute Gasteiger partial charge is 0.0894 e. The van der Waals surface area contributed by atoms with Gasteiger partial charge in [-0.15, -0.1) is 0 Å². The van der Waals surface area contributed by atoms with Gasteiger partial charge >= 0.3 is 0 Å². The van der Waals surface area contributed by atoms with Gasteiger partial charge in [-0.2, -0.15) is 0 Å². The Kier molecular flexibility index (Phi) is 3.05. The van der Waals surface area contributed by atoms with Gasteiger partial charge in [0.1, 0.15) is 0 Å². The third kappa shape index (κ3) is 2.31. The second-order valence-corrected chi connectivity index (χ2v) is 4.98. The third-order valence-electron chi connectivity index (χ3n) is 3.51. The van der Waals surface area contributed by atoms with Gasteiger partial charge < -0.3 is 9.97 Å². The molecule has 4 rings (SSSR count). The first-order valence-electron chi connectivity index (χ1n) is 7.12. The van der Waals surface area contributed by atoms with Gasteiger partial charge in [-0.3, -0.25) is 0 Å². The molecule has 4 aromatic heterocycles. The Morgan fingerprint density at radius 1 is 0.500 bits per heavy atom. The van der Waals surface area contributed by atoms with E-state index in [0.29, 0.717) is 0 Å². The molecule has 22 heavy (non-hydrogen) atoms. The Morgan fingerprint density at radius 2 is 0.955 bits per heavy atom. The fourth-order valence-electron chi connectivity index (χ4n) is 2.43. The quantitative estimate of drug-likeness (QED) is 0.595. The van der Waals surface area contributed by atoms with Crippen LogP contribution in [0.2, 0.25) is 0 Å². The summed E-state index contributed by atoms with van der Waals surface area (Å²) in [5, 5.41) is 0. The number of aromatic amines is 2. The molecule has 0 bridgehead atoms. The molecule has 0 saturated carbocycles. The molecule has 0 saturated heterocycles. The number of rotatable bonds is 3. The zero-order valence-corrected chi connectivity index (χ0v) is 11.8. The van der Waals surface area contributed by atoms with Crippen molar-refractivity contribution in [1.82, 2.24) is 19.9 Å². The number of aromatic nitrogens is 4. The molecule has 4 heteroatoms. The first-order valence-corrected chi connectivity index (χ1v) is 7.12. The first kappa shape index (κ1) is 12.6. The van der Waals surface area contributed by atoms with Crippen LogP contribution in [0.4, 0.5) is 0 Å². The Bertz CT molecular complexity index is 801. The fourth-order valence-corrected chi connectivity index (χ4v) is 2.43. The average Bonchev–Trinajstić information content (AvgIpc) is 3.29. The zero-order chi connectivity index (χ0) is 14.8. The van der Waals surface area contributed by atoms with E-state index in [1.807, 2.05) is 73.1 Å². The highest BCUT2D eigenvalue weighted by Gasteiger charge is 2.07. The highest BCUT2D eigenvalue weighted by molar-refractivity contribution is 5.64. The van der Waals surface area contributed by atoms with Crippen LogP contribution in [0.25, 0.3) is 34.2 Å². The molecule has 0 fully saturated rings. The maximum atomic E-state index is 4.70. The Labute approximate surface area is 127 Å². The summed E-state index contributed by atoms with van der Waals surface area (Å²) in [5.41, 5.74) is 5.55. The second kappa shape index (κ2) is 5.33. The van der Waals surface area contributed by atoms with Crippen molar-refractivity contribution in [1.29, 1.82) is 0 Å². The topological polar surface area (TPSA) is 57.4 Å². The summed E-state index contributed by atoms with van der Waals surface area (Å²) in [6.45, 7) is 0. The van der Waals surface area contributed by atoms with Crippen molar-refractivity contribution in [2.24, 2.45) is 0 Å². The van der Waals surface area contributed by atoms with Gasteiger partial charge in [-0.25, -0.2) is 9.97 Å². The van der Waals surface area contributed by atoms with E-state index >= 15 is 0 Å². The summed E-state index contributed by atoms with van der Waals surface area (Å²) < 4.78 is 0. The number of nitrogens with zero attached hydrogens (tertiary/aromatic N) is 2. The molecule has 0 aliphatic rings. The van der Waals surface area contributed by atoms with E-state index in [9.17, 15) is 0 Å². The summed E-state index contributed by atoms with van der Waals surface area (Å²) in [5.74, 6) is 0. The van der Waals surface area contributed by atoms with Crippen molar-refractivity contribution in [3.05, 3.63) is 73.1 Å². The molecule has 4 aromatic rings. The van der Waals surface area contributed by atoms with Gasteiger partial charge in [-0.05, 0) is 48.5 Å². The molecule has 0 unspecified atom stereocenters. The van der Waals surface area contributed by atoms with Crippen LogP contribution in [0.15, 0.2) is 73.1 Å². The van der Waals surface area contributed by atoms with Crippen LogP contribution < -0.4 is 0 Å². The van der Waals surface area contributed by atoms with E-state index in [0.717, 1.165) is 34.2 Å². The van der Waals surface area contributed by atoms with E-state index in [1.165, 1.54) is 0 Å². The van der Waals surface area contributed by atoms with Crippen LogP contribution in [-0.2, 0) is 0 Å². The standard InChI is InChI=1S/C18H14N4/c1-5-15(13-9-3-11-19-13)21-17(7-1)18-8-2-6-16(22-18)14-10-4-12-20-14/h1-12,19-20H. The molecular formula is C18H14N4. The molecule has 106 valence electrons. The largest absolute Gasteiger partial charge is 0.360 e. The average molecular weight is 286 g/mol. The predicted molar refractivity (Wildman–Crippen MR) is 87.0 cm³/mol. The maximum absolute atomic E-state index is 4.70. The minimum atomic E-state index is 0.862. The van der Waals surface area contributed by atoms with Crippen LogP contribution in [0, 0.1) is 0 Å². The van der Waals surface area contributed by atoms with Crippen molar-refractivity contribution in [3.63, 3.8) is 0 Å². The number of hydrogen-bond acceptors (Lipinski definition) is 2. The normalized spacial score (nSPS) is 10.7. The minimum absolute atomic E-state index is 0.862. The van der Waals surface area contributed by atoms with E-state index in [2.05, 4.69) is 9.97 Å². The molecular weight excluding hydrogens is 272 g/mol. The molecule has 0 spiro atoms. The van der Waals surface area contributed by atoms with Crippen LogP contribution in [0.5, 0.6) is 0 Å². The summed E-state index contributed by atoms with van der Waals surface area (Å²) in [4.78, 5) is 15.8. The van der Waals surface area contributed by atoms with Gasteiger partial charge in [0.2, 0.25) is 0 Å². The van der Waals surface area contributed by atoms with E-state index < -0.39 is 0 Å². The lowest BCUT2D eigenvalue weighted by Crippen LogP contribution is -1.92. The summed E-state index contributed by atoms with van der Waals surface area (Å²) in [6.07, 6.45) is 3.79. The summed E-state index contributed by atoms with van der Waals surface area (Å²) in [6, 6.07) is 19.9. The van der Waals surface area contributed by atoms with Gasteiger partial charge in [0.25, 0.3) is 0 Å². The van der Waals surface area contributed by atoms with Crippen molar-refractivity contribution in [2.45, 2.75) is 0 Å². The monoisotopic (exact) mass is 286 g/mol. The Morgan fingerprint density at radius 3 is 1.36 bits per heavy atom. The number of pyridine rings is 2. The SMILES string of the molecule is c1cc(-c2cccc(-c3ccc[nH]3)n2)nc(-c2ccc[nH]2)c1. The van der Waals surface area contributed by atoms with Crippen molar-refractivity contribution in [3.8, 4) is 34.2 Å². The second-order valence-electron chi connectivity index (χ2n) is 4.98. The molecule has 0 amide bonds. The van der Waals surface area contributed by atoms with Gasteiger partial charge in [0.15, 0.2) is 0 Å². The first-order chi connectivity index (χ1) is 10.9. The lowest BCUT2D eigenvalue weighted by Gasteiger charge is -2.05. The Hall–Kier alpha value is -3.14. The molecule has 0 aliphatic heterocycles. The number of H-pyrrole nitrogens is 2. The van der Waals surface area contributed by atoms with Crippen LogP contribution >= 0.6 is 0 Å². The van der Waals surface area contributed by atoms with Crippen LogP contribution in [0.1, 0.15) is 0 Å². The molecule has 0 atom stereocenters. The predicted octanol–water partition coefficient (Wildman–Crippen LogP) is 4.13. The lowest BCUT2D eigenvalue weighted by atomic mass is 10.2. The molecule has 4 nitrogen and oxygen atoms in total. The maximum Gasteiger partial charge on any atom is 0.0894 e. The number of nitrogens with one attached hydrogen (secondary N) is 2. The van der Waals surface area contributed by atoms with E-state index in [4.69, 9.17) is 9.97 Å². The zero-order valence-electron chi connectivity index (χ0n) is 11.8. The van der Waals surface area contributed by atoms with Crippen molar-refractivity contribution < 1.29 is 0 Å².